The number of carbonyl (C=O) groups excluding carboxylic acids is 1. The van der Waals surface area contributed by atoms with E-state index in [1.165, 1.54) is 6.07 Å². The third kappa shape index (κ3) is 3.99. The Morgan fingerprint density at radius 3 is 2.65 bits per heavy atom. The van der Waals surface area contributed by atoms with Crippen molar-refractivity contribution in [3.05, 3.63) is 35.4 Å². The topological polar surface area (TPSA) is 53.0 Å². The number of rotatable bonds is 1. The number of aliphatic hydroxyl groups is 1. The number of ether oxygens (including phenoxy) is 1. The lowest BCUT2D eigenvalue weighted by atomic mass is 9.82. The van der Waals surface area contributed by atoms with Crippen LogP contribution in [0.1, 0.15) is 39.2 Å². The second-order valence-electron chi connectivity index (χ2n) is 8.25. The molecule has 2 unspecified atom stereocenters. The zero-order chi connectivity index (χ0) is 19.1. The number of amides is 1. The first-order chi connectivity index (χ1) is 12.1. The maximum absolute atomic E-state index is 13.6. The van der Waals surface area contributed by atoms with Crippen molar-refractivity contribution in [2.75, 3.05) is 26.2 Å². The van der Waals surface area contributed by atoms with Crippen molar-refractivity contribution in [1.82, 2.24) is 9.80 Å². The van der Waals surface area contributed by atoms with Crippen molar-refractivity contribution in [3.63, 3.8) is 0 Å². The standard InChI is InChI=1S/C19H26F2N2O3/c1-18(2,3)26-17(24)22-8-9-23-12-19(25,7-6-14(23)11-22)13-4-5-15(20)16(21)10-13/h4-5,10,14,25H,6-9,11-12H2,1-3H3. The monoisotopic (exact) mass is 368 g/mol. The van der Waals surface area contributed by atoms with Gasteiger partial charge in [-0.05, 0) is 51.3 Å². The SMILES string of the molecule is CC(C)(C)OC(=O)N1CCN2CC(O)(c3ccc(F)c(F)c3)CCC2C1. The minimum atomic E-state index is -1.21. The van der Waals surface area contributed by atoms with Gasteiger partial charge in [0.25, 0.3) is 0 Å². The second-order valence-corrected chi connectivity index (χ2v) is 8.25. The van der Waals surface area contributed by atoms with Crippen LogP contribution in [0.25, 0.3) is 0 Å². The molecular weight excluding hydrogens is 342 g/mol. The third-order valence-electron chi connectivity index (χ3n) is 5.07. The van der Waals surface area contributed by atoms with E-state index in [1.54, 1.807) is 4.90 Å². The molecule has 1 aromatic rings. The Morgan fingerprint density at radius 1 is 1.27 bits per heavy atom. The van der Waals surface area contributed by atoms with Crippen molar-refractivity contribution in [2.45, 2.75) is 50.9 Å². The largest absolute Gasteiger partial charge is 0.444 e. The molecule has 5 nitrogen and oxygen atoms in total. The van der Waals surface area contributed by atoms with E-state index in [1.807, 2.05) is 20.8 Å². The highest BCUT2D eigenvalue weighted by Gasteiger charge is 2.42. The highest BCUT2D eigenvalue weighted by molar-refractivity contribution is 5.68. The predicted molar refractivity (Wildman–Crippen MR) is 92.7 cm³/mol. The zero-order valence-electron chi connectivity index (χ0n) is 15.5. The van der Waals surface area contributed by atoms with Gasteiger partial charge in [-0.1, -0.05) is 6.07 Å². The molecule has 3 rings (SSSR count). The molecule has 0 aliphatic carbocycles. The molecule has 0 spiro atoms. The number of hydrogen-bond acceptors (Lipinski definition) is 4. The molecule has 2 fully saturated rings. The minimum absolute atomic E-state index is 0.127. The summed E-state index contributed by atoms with van der Waals surface area (Å²) >= 11 is 0. The number of fused-ring (bicyclic) bond motifs is 1. The van der Waals surface area contributed by atoms with Crippen molar-refractivity contribution < 1.29 is 23.4 Å². The fraction of sp³-hybridized carbons (Fsp3) is 0.632. The van der Waals surface area contributed by atoms with Crippen LogP contribution in [0.15, 0.2) is 18.2 Å². The van der Waals surface area contributed by atoms with Gasteiger partial charge in [0.05, 0.1) is 0 Å². The molecule has 0 radical (unpaired) electrons. The van der Waals surface area contributed by atoms with Gasteiger partial charge in [-0.3, -0.25) is 4.90 Å². The number of nitrogens with zero attached hydrogens (tertiary/aromatic N) is 2. The summed E-state index contributed by atoms with van der Waals surface area (Å²) in [5, 5.41) is 11.0. The van der Waals surface area contributed by atoms with Crippen molar-refractivity contribution in [3.8, 4) is 0 Å². The molecule has 0 bridgehead atoms. The highest BCUT2D eigenvalue weighted by atomic mass is 19.2. The maximum atomic E-state index is 13.6. The van der Waals surface area contributed by atoms with E-state index in [0.717, 1.165) is 12.1 Å². The van der Waals surface area contributed by atoms with Gasteiger partial charge in [-0.2, -0.15) is 0 Å². The fourth-order valence-corrected chi connectivity index (χ4v) is 3.71. The smallest absolute Gasteiger partial charge is 0.410 e. The molecule has 144 valence electrons. The molecule has 7 heteroatoms. The molecule has 2 saturated heterocycles. The Labute approximate surface area is 152 Å². The van der Waals surface area contributed by atoms with E-state index in [2.05, 4.69) is 4.90 Å². The molecule has 0 aromatic heterocycles. The van der Waals surface area contributed by atoms with Gasteiger partial charge >= 0.3 is 6.09 Å². The van der Waals surface area contributed by atoms with Gasteiger partial charge in [0.15, 0.2) is 11.6 Å². The second kappa shape index (κ2) is 6.78. The van der Waals surface area contributed by atoms with Crippen molar-refractivity contribution in [2.24, 2.45) is 0 Å². The van der Waals surface area contributed by atoms with E-state index >= 15 is 0 Å². The van der Waals surface area contributed by atoms with Crippen molar-refractivity contribution in [1.29, 1.82) is 0 Å². The van der Waals surface area contributed by atoms with Crippen LogP contribution in [0.2, 0.25) is 0 Å². The normalized spacial score (nSPS) is 27.2. The van der Waals surface area contributed by atoms with Crippen LogP contribution in [-0.2, 0) is 10.3 Å². The Hall–Kier alpha value is -1.73. The van der Waals surface area contributed by atoms with Gasteiger partial charge in [-0.15, -0.1) is 0 Å². The summed E-state index contributed by atoms with van der Waals surface area (Å²) in [6, 6.07) is 3.69. The molecule has 0 saturated carbocycles. The predicted octanol–water partition coefficient (Wildman–Crippen LogP) is 2.87. The Balaban J connectivity index is 1.66. The van der Waals surface area contributed by atoms with E-state index in [-0.39, 0.29) is 12.1 Å². The first-order valence-corrected chi connectivity index (χ1v) is 8.97. The summed E-state index contributed by atoms with van der Waals surface area (Å²) in [5.74, 6) is -1.87. The van der Waals surface area contributed by atoms with Crippen LogP contribution in [0.3, 0.4) is 0 Å². The molecule has 1 N–H and O–H groups in total. The van der Waals surface area contributed by atoms with Crippen LogP contribution in [0.4, 0.5) is 13.6 Å². The summed E-state index contributed by atoms with van der Waals surface area (Å²) in [4.78, 5) is 16.1. The van der Waals surface area contributed by atoms with Gasteiger partial charge in [0.1, 0.15) is 11.2 Å². The number of carbonyl (C=O) groups is 1. The number of hydrogen-bond donors (Lipinski definition) is 1. The Kier molecular flexibility index (Phi) is 4.96. The number of piperidine rings is 1. The molecule has 2 aliphatic rings. The van der Waals surface area contributed by atoms with Crippen LogP contribution >= 0.6 is 0 Å². The number of halogens is 2. The summed E-state index contributed by atoms with van der Waals surface area (Å²) < 4.78 is 32.2. The lowest BCUT2D eigenvalue weighted by molar-refractivity contribution is -0.0787. The zero-order valence-corrected chi connectivity index (χ0v) is 15.5. The van der Waals surface area contributed by atoms with Gasteiger partial charge in [0.2, 0.25) is 0 Å². The first kappa shape index (κ1) is 19.0. The Morgan fingerprint density at radius 2 is 2.00 bits per heavy atom. The van der Waals surface area contributed by atoms with Gasteiger partial charge in [-0.25, -0.2) is 13.6 Å². The minimum Gasteiger partial charge on any atom is -0.444 e. The molecule has 1 amide bonds. The highest BCUT2D eigenvalue weighted by Crippen LogP contribution is 2.36. The number of benzene rings is 1. The summed E-state index contributed by atoms with van der Waals surface area (Å²) in [7, 11) is 0. The van der Waals surface area contributed by atoms with Crippen molar-refractivity contribution >= 4 is 6.09 Å². The molecule has 2 heterocycles. The Bertz CT molecular complexity index is 692. The lowest BCUT2D eigenvalue weighted by Crippen LogP contribution is -2.61. The average Bonchev–Trinajstić information content (AvgIpc) is 2.55. The van der Waals surface area contributed by atoms with E-state index in [4.69, 9.17) is 4.74 Å². The molecule has 26 heavy (non-hydrogen) atoms. The molecule has 2 aliphatic heterocycles. The van der Waals surface area contributed by atoms with Crippen LogP contribution in [-0.4, -0.2) is 58.8 Å². The summed E-state index contributed by atoms with van der Waals surface area (Å²) in [6.07, 6.45) is 0.773. The summed E-state index contributed by atoms with van der Waals surface area (Å²) in [6.45, 7) is 7.51. The van der Waals surface area contributed by atoms with Crippen LogP contribution in [0, 0.1) is 11.6 Å². The van der Waals surface area contributed by atoms with Gasteiger partial charge < -0.3 is 14.7 Å². The van der Waals surface area contributed by atoms with E-state index in [0.29, 0.717) is 44.6 Å². The molecule has 1 aromatic carbocycles. The van der Waals surface area contributed by atoms with E-state index < -0.39 is 22.8 Å². The summed E-state index contributed by atoms with van der Waals surface area (Å²) in [5.41, 5.74) is -1.35. The number of piperazine rings is 1. The average molecular weight is 368 g/mol. The quantitative estimate of drug-likeness (QED) is 0.828. The molecular formula is C19H26F2N2O3. The van der Waals surface area contributed by atoms with Crippen LogP contribution < -0.4 is 0 Å². The fourth-order valence-electron chi connectivity index (χ4n) is 3.71. The lowest BCUT2D eigenvalue weighted by Gasteiger charge is -2.49. The van der Waals surface area contributed by atoms with Gasteiger partial charge in [0, 0.05) is 32.2 Å². The maximum Gasteiger partial charge on any atom is 0.410 e. The third-order valence-corrected chi connectivity index (χ3v) is 5.07. The molecule has 2 atom stereocenters. The van der Waals surface area contributed by atoms with Crippen LogP contribution in [0.5, 0.6) is 0 Å². The first-order valence-electron chi connectivity index (χ1n) is 8.97. The van der Waals surface area contributed by atoms with E-state index in [9.17, 15) is 18.7 Å².